The molecule has 1 aliphatic rings. The van der Waals surface area contributed by atoms with Crippen molar-refractivity contribution in [3.8, 4) is 5.75 Å². The Morgan fingerprint density at radius 1 is 1.25 bits per heavy atom. The normalized spacial score (nSPS) is 20.2. The molecule has 2 N–H and O–H groups in total. The van der Waals surface area contributed by atoms with Crippen LogP contribution in [-0.4, -0.2) is 56.1 Å². The van der Waals surface area contributed by atoms with Gasteiger partial charge in [0, 0.05) is 13.5 Å². The Bertz CT molecular complexity index is 821. The van der Waals surface area contributed by atoms with Crippen LogP contribution in [0.4, 0.5) is 0 Å². The van der Waals surface area contributed by atoms with E-state index in [-0.39, 0.29) is 24.5 Å². The van der Waals surface area contributed by atoms with Gasteiger partial charge < -0.3 is 9.47 Å². The number of ether oxygens (including phenoxy) is 2. The fourth-order valence-corrected chi connectivity index (χ4v) is 4.70. The molecule has 2 atom stereocenters. The first-order chi connectivity index (χ1) is 13.3. The highest BCUT2D eigenvalue weighted by atomic mass is 32.2. The lowest BCUT2D eigenvalue weighted by Gasteiger charge is -2.32. The second-order valence-electron chi connectivity index (χ2n) is 6.27. The van der Waals surface area contributed by atoms with Crippen molar-refractivity contribution in [3.63, 3.8) is 0 Å². The number of hydrogen-bond donors (Lipinski definition) is 2. The van der Waals surface area contributed by atoms with Gasteiger partial charge in [-0.2, -0.15) is 4.31 Å². The van der Waals surface area contributed by atoms with Crippen LogP contribution in [0.5, 0.6) is 5.75 Å². The van der Waals surface area contributed by atoms with Crippen molar-refractivity contribution in [1.82, 2.24) is 9.79 Å². The molecule has 1 aliphatic heterocycles. The number of carbonyl (C=O) groups excluding carboxylic acids is 2. The lowest BCUT2D eigenvalue weighted by Crippen LogP contribution is -2.52. The van der Waals surface area contributed by atoms with Crippen molar-refractivity contribution >= 4 is 21.9 Å². The van der Waals surface area contributed by atoms with Crippen molar-refractivity contribution in [2.75, 3.05) is 20.3 Å². The minimum atomic E-state index is -4.04. The van der Waals surface area contributed by atoms with E-state index in [0.29, 0.717) is 12.2 Å². The van der Waals surface area contributed by atoms with Crippen molar-refractivity contribution in [2.45, 2.75) is 30.7 Å². The van der Waals surface area contributed by atoms with E-state index in [1.807, 2.05) is 0 Å². The van der Waals surface area contributed by atoms with Crippen molar-refractivity contribution in [2.24, 2.45) is 5.92 Å². The van der Waals surface area contributed by atoms with E-state index in [2.05, 4.69) is 0 Å². The molecule has 0 aliphatic carbocycles. The summed E-state index contributed by atoms with van der Waals surface area (Å²) < 4.78 is 37.4. The number of nitrogens with one attached hydrogen (secondary N) is 1. The SMILES string of the molecule is COc1ccc(S(=O)(=O)N2CC=CCC(CCOC(C)=O)C2C(=O)NO)cc1. The molecule has 0 radical (unpaired) electrons. The highest BCUT2D eigenvalue weighted by Gasteiger charge is 2.41. The van der Waals surface area contributed by atoms with Crippen LogP contribution in [0.3, 0.4) is 0 Å². The van der Waals surface area contributed by atoms with Gasteiger partial charge >= 0.3 is 5.97 Å². The van der Waals surface area contributed by atoms with Crippen molar-refractivity contribution < 1.29 is 32.7 Å². The van der Waals surface area contributed by atoms with Gasteiger partial charge in [0.1, 0.15) is 11.8 Å². The van der Waals surface area contributed by atoms with Crippen LogP contribution in [0.1, 0.15) is 19.8 Å². The van der Waals surface area contributed by atoms with Gasteiger partial charge in [0.2, 0.25) is 10.0 Å². The summed E-state index contributed by atoms with van der Waals surface area (Å²) in [6.45, 7) is 1.28. The number of hydroxylamine groups is 1. The van der Waals surface area contributed by atoms with Crippen LogP contribution < -0.4 is 10.2 Å². The van der Waals surface area contributed by atoms with Gasteiger partial charge in [-0.25, -0.2) is 13.9 Å². The summed E-state index contributed by atoms with van der Waals surface area (Å²) in [7, 11) is -2.57. The summed E-state index contributed by atoms with van der Waals surface area (Å²) in [4.78, 5) is 23.4. The Labute approximate surface area is 163 Å². The minimum Gasteiger partial charge on any atom is -0.497 e. The predicted molar refractivity (Wildman–Crippen MR) is 99.1 cm³/mol. The molecule has 0 spiro atoms. The van der Waals surface area contributed by atoms with Gasteiger partial charge in [-0.15, -0.1) is 0 Å². The molecule has 1 aromatic carbocycles. The molecule has 1 amide bonds. The summed E-state index contributed by atoms with van der Waals surface area (Å²) in [5, 5.41) is 9.19. The van der Waals surface area contributed by atoms with Gasteiger partial charge in [-0.05, 0) is 43.0 Å². The third-order valence-electron chi connectivity index (χ3n) is 4.49. The lowest BCUT2D eigenvalue weighted by atomic mass is 9.93. The first-order valence-electron chi connectivity index (χ1n) is 8.69. The molecule has 9 nitrogen and oxygen atoms in total. The molecule has 0 saturated carbocycles. The fraction of sp³-hybridized carbons (Fsp3) is 0.444. The number of nitrogens with zero attached hydrogens (tertiary/aromatic N) is 1. The number of amides is 1. The highest BCUT2D eigenvalue weighted by Crippen LogP contribution is 2.29. The van der Waals surface area contributed by atoms with E-state index in [0.717, 1.165) is 4.31 Å². The largest absolute Gasteiger partial charge is 0.497 e. The standard InChI is InChI=1S/C18H24N2O7S/c1-13(21)27-12-10-14-5-3-4-11-20(17(14)18(22)19-23)28(24,25)16-8-6-15(26-2)7-9-16/h3-4,6-9,14,17,23H,5,10-12H2,1-2H3,(H,19,22). The van der Waals surface area contributed by atoms with E-state index in [9.17, 15) is 23.2 Å². The highest BCUT2D eigenvalue weighted by molar-refractivity contribution is 7.89. The van der Waals surface area contributed by atoms with E-state index in [1.165, 1.54) is 38.3 Å². The molecule has 2 unspecified atom stereocenters. The maximum Gasteiger partial charge on any atom is 0.302 e. The Morgan fingerprint density at radius 3 is 2.50 bits per heavy atom. The molecule has 1 aromatic rings. The molecule has 0 saturated heterocycles. The smallest absolute Gasteiger partial charge is 0.302 e. The Kier molecular flexibility index (Phi) is 7.55. The molecular weight excluding hydrogens is 388 g/mol. The predicted octanol–water partition coefficient (Wildman–Crippen LogP) is 1.09. The Balaban J connectivity index is 2.37. The Morgan fingerprint density at radius 2 is 1.93 bits per heavy atom. The van der Waals surface area contributed by atoms with Crippen molar-refractivity contribution in [3.05, 3.63) is 36.4 Å². The van der Waals surface area contributed by atoms with E-state index < -0.39 is 33.9 Å². The molecule has 0 aromatic heterocycles. The zero-order chi connectivity index (χ0) is 20.7. The first-order valence-corrected chi connectivity index (χ1v) is 10.1. The molecule has 28 heavy (non-hydrogen) atoms. The Hall–Kier alpha value is -2.43. The molecule has 10 heteroatoms. The number of carbonyl (C=O) groups is 2. The summed E-state index contributed by atoms with van der Waals surface area (Å²) in [5.41, 5.74) is 1.56. The lowest BCUT2D eigenvalue weighted by molar-refractivity contribution is -0.141. The van der Waals surface area contributed by atoms with Crippen LogP contribution in [0.25, 0.3) is 0 Å². The van der Waals surface area contributed by atoms with Crippen LogP contribution in [0.2, 0.25) is 0 Å². The molecule has 2 rings (SSSR count). The maximum atomic E-state index is 13.2. The van der Waals surface area contributed by atoms with Crippen molar-refractivity contribution in [1.29, 1.82) is 0 Å². The quantitative estimate of drug-likeness (QED) is 0.297. The average Bonchev–Trinajstić information content (AvgIpc) is 2.90. The number of rotatable bonds is 7. The van der Waals surface area contributed by atoms with Gasteiger partial charge in [0.05, 0.1) is 18.6 Å². The third-order valence-corrected chi connectivity index (χ3v) is 6.35. The number of methoxy groups -OCH3 is 1. The minimum absolute atomic E-state index is 0.00178. The first kappa shape index (κ1) is 21.9. The number of hydrogen-bond acceptors (Lipinski definition) is 7. The average molecular weight is 412 g/mol. The second-order valence-corrected chi connectivity index (χ2v) is 8.16. The van der Waals surface area contributed by atoms with Crippen LogP contribution in [0, 0.1) is 5.92 Å². The van der Waals surface area contributed by atoms with E-state index >= 15 is 0 Å². The number of allylic oxidation sites excluding steroid dienone is 1. The second kappa shape index (κ2) is 9.67. The molecule has 1 heterocycles. The van der Waals surface area contributed by atoms with Crippen LogP contribution in [0.15, 0.2) is 41.3 Å². The van der Waals surface area contributed by atoms with Gasteiger partial charge in [0.25, 0.3) is 5.91 Å². The summed E-state index contributed by atoms with van der Waals surface area (Å²) in [6, 6.07) is 4.65. The fourth-order valence-electron chi connectivity index (χ4n) is 3.10. The third kappa shape index (κ3) is 5.09. The van der Waals surface area contributed by atoms with Gasteiger partial charge in [-0.1, -0.05) is 12.2 Å². The molecule has 0 fully saturated rings. The van der Waals surface area contributed by atoms with Gasteiger partial charge in [0.15, 0.2) is 0 Å². The van der Waals surface area contributed by atoms with Crippen LogP contribution in [-0.2, 0) is 24.3 Å². The summed E-state index contributed by atoms with van der Waals surface area (Å²) in [5.74, 6) is -1.29. The van der Waals surface area contributed by atoms with Gasteiger partial charge in [-0.3, -0.25) is 14.8 Å². The van der Waals surface area contributed by atoms with E-state index in [4.69, 9.17) is 9.47 Å². The summed E-state index contributed by atoms with van der Waals surface area (Å²) >= 11 is 0. The zero-order valence-corrected chi connectivity index (χ0v) is 16.5. The van der Waals surface area contributed by atoms with E-state index in [1.54, 1.807) is 17.6 Å². The molecule has 0 bridgehead atoms. The maximum absolute atomic E-state index is 13.2. The zero-order valence-electron chi connectivity index (χ0n) is 15.7. The van der Waals surface area contributed by atoms with Crippen LogP contribution >= 0.6 is 0 Å². The number of sulfonamides is 1. The number of benzene rings is 1. The number of esters is 1. The molecular formula is C18H24N2O7S. The molecule has 154 valence electrons. The topological polar surface area (TPSA) is 122 Å². The monoisotopic (exact) mass is 412 g/mol. The summed E-state index contributed by atoms with van der Waals surface area (Å²) in [6.07, 6.45) is 4.09.